The van der Waals surface area contributed by atoms with Crippen molar-refractivity contribution in [3.63, 3.8) is 0 Å². The van der Waals surface area contributed by atoms with Gasteiger partial charge in [0.05, 0.1) is 42.6 Å². The first-order valence-electron chi connectivity index (χ1n) is 22.7. The van der Waals surface area contributed by atoms with Crippen molar-refractivity contribution in [1.29, 1.82) is 0 Å². The van der Waals surface area contributed by atoms with E-state index in [1.165, 1.54) is 12.0 Å². The van der Waals surface area contributed by atoms with Crippen LogP contribution in [0.15, 0.2) is 54.7 Å². The molecule has 2 saturated carbocycles. The summed E-state index contributed by atoms with van der Waals surface area (Å²) >= 11 is 0. The quantitative estimate of drug-likeness (QED) is 0.161. The van der Waals surface area contributed by atoms with Crippen molar-refractivity contribution in [1.82, 2.24) is 30.2 Å². The average molecular weight is 957 g/mol. The normalized spacial score (nSPS) is 26.6. The second kappa shape index (κ2) is 19.1. The molecule has 67 heavy (non-hydrogen) atoms. The van der Waals surface area contributed by atoms with Crippen molar-refractivity contribution in [2.45, 2.75) is 140 Å². The van der Waals surface area contributed by atoms with Gasteiger partial charge in [-0.25, -0.2) is 18.2 Å². The molecule has 3 N–H and O–H groups in total. The summed E-state index contributed by atoms with van der Waals surface area (Å²) in [5, 5.41) is 5.77. The average Bonchev–Trinajstić information content (AvgIpc) is 4.19. The van der Waals surface area contributed by atoms with Crippen LogP contribution < -0.4 is 29.6 Å². The van der Waals surface area contributed by atoms with Crippen molar-refractivity contribution in [3.05, 3.63) is 54.7 Å². The van der Waals surface area contributed by atoms with Gasteiger partial charge in [0.15, 0.2) is 0 Å². The van der Waals surface area contributed by atoms with Gasteiger partial charge in [-0.3, -0.25) is 24.1 Å². The highest BCUT2D eigenvalue weighted by molar-refractivity contribution is 7.91. The molecule has 2 aliphatic heterocycles. The Hall–Kier alpha value is -5.66. The first kappa shape index (κ1) is 49.3. The summed E-state index contributed by atoms with van der Waals surface area (Å²) in [5.41, 5.74) is -3.68. The first-order chi connectivity index (χ1) is 31.5. The zero-order valence-corrected chi connectivity index (χ0v) is 39.5. The molecule has 7 atom stereocenters. The van der Waals surface area contributed by atoms with E-state index in [2.05, 4.69) is 20.3 Å². The summed E-state index contributed by atoms with van der Waals surface area (Å²) < 4.78 is 92.9. The lowest BCUT2D eigenvalue weighted by Crippen LogP contribution is -2.59. The number of fused-ring (bicyclic) bond motifs is 3. The number of carbonyl (C=O) groups excluding carboxylic acids is 4. The number of nitrogens with one attached hydrogen (secondary N) is 3. The number of benzene rings is 1. The second-order valence-electron chi connectivity index (χ2n) is 18.9. The summed E-state index contributed by atoms with van der Waals surface area (Å²) in [6, 6.07) is 7.73. The van der Waals surface area contributed by atoms with Gasteiger partial charge in [0, 0.05) is 17.7 Å². The maximum absolute atomic E-state index is 15.2. The van der Waals surface area contributed by atoms with Crippen LogP contribution in [-0.4, -0.2) is 108 Å². The van der Waals surface area contributed by atoms with E-state index in [4.69, 9.17) is 23.9 Å². The van der Waals surface area contributed by atoms with Gasteiger partial charge in [0.1, 0.15) is 35.2 Å². The topological polar surface area (TPSA) is 204 Å². The lowest BCUT2D eigenvalue weighted by atomic mass is 9.85. The Morgan fingerprint density at radius 1 is 1.03 bits per heavy atom. The van der Waals surface area contributed by atoms with Crippen LogP contribution in [0.25, 0.3) is 22.2 Å². The SMILES string of the molecule is CC[C@@H]1C[C@H](C)CC/C=C\[C@@H]2C[C@@]2(C(=O)NS(=O)(=O)C2CC2)NC(=O)[C@@H]2C[C@@H](Oc3nc(-c4ccc(OC(C)C)cn4)cc4cc(OC)ccc34)CN2C(=O)[C@H]1NC(=O)OC(C)(C)C(F)(F)F. The Balaban J connectivity index is 1.27. The van der Waals surface area contributed by atoms with E-state index in [1.54, 1.807) is 55.6 Å². The summed E-state index contributed by atoms with van der Waals surface area (Å²) in [7, 11) is -2.49. The smallest absolute Gasteiger partial charge is 0.427 e. The molecular weight excluding hydrogens is 898 g/mol. The molecule has 0 radical (unpaired) electrons. The van der Waals surface area contributed by atoms with E-state index >= 15 is 4.79 Å². The maximum atomic E-state index is 15.2. The number of alkyl halides is 3. The van der Waals surface area contributed by atoms with Gasteiger partial charge in [-0.15, -0.1) is 0 Å². The molecule has 3 fully saturated rings. The Morgan fingerprint density at radius 3 is 2.40 bits per heavy atom. The van der Waals surface area contributed by atoms with Gasteiger partial charge < -0.3 is 34.5 Å². The molecule has 2 aliphatic carbocycles. The lowest BCUT2D eigenvalue weighted by Gasteiger charge is -2.35. The Kier molecular flexibility index (Phi) is 14.1. The summed E-state index contributed by atoms with van der Waals surface area (Å²) in [5.74, 6) is -2.50. The molecule has 7 rings (SSSR count). The van der Waals surface area contributed by atoms with E-state index in [-0.39, 0.29) is 37.3 Å². The van der Waals surface area contributed by atoms with E-state index in [9.17, 15) is 36.0 Å². The van der Waals surface area contributed by atoms with E-state index < -0.39 is 86.4 Å². The fourth-order valence-electron chi connectivity index (χ4n) is 8.75. The molecular formula is C47H59F3N6O10S. The van der Waals surface area contributed by atoms with Crippen molar-refractivity contribution < 1.29 is 59.7 Å². The third-order valence-corrected chi connectivity index (χ3v) is 14.7. The fraction of sp³-hybridized carbons (Fsp3) is 0.574. The van der Waals surface area contributed by atoms with E-state index in [0.29, 0.717) is 86.0 Å². The van der Waals surface area contributed by atoms with Gasteiger partial charge in [-0.05, 0) is 120 Å². The number of allylic oxidation sites excluding steroid dienone is 1. The zero-order valence-electron chi connectivity index (χ0n) is 38.6. The number of halogens is 3. The van der Waals surface area contributed by atoms with Crippen LogP contribution in [0.4, 0.5) is 18.0 Å². The number of ether oxygens (including phenoxy) is 4. The third-order valence-electron chi connectivity index (χ3n) is 12.9. The highest BCUT2D eigenvalue weighted by Crippen LogP contribution is 2.46. The molecule has 0 spiro atoms. The van der Waals surface area contributed by atoms with Crippen LogP contribution in [0.3, 0.4) is 0 Å². The number of hydrogen-bond acceptors (Lipinski definition) is 12. The highest BCUT2D eigenvalue weighted by atomic mass is 32.2. The molecule has 2 aromatic heterocycles. The number of hydrogen-bond donors (Lipinski definition) is 3. The number of amides is 4. The maximum Gasteiger partial charge on any atom is 0.427 e. The largest absolute Gasteiger partial charge is 0.497 e. The summed E-state index contributed by atoms with van der Waals surface area (Å²) in [6.45, 7) is 8.67. The van der Waals surface area contributed by atoms with Crippen molar-refractivity contribution in [3.8, 4) is 28.8 Å². The predicted octanol–water partition coefficient (Wildman–Crippen LogP) is 6.76. The van der Waals surface area contributed by atoms with Gasteiger partial charge in [0.25, 0.3) is 5.91 Å². The molecule has 4 heterocycles. The minimum absolute atomic E-state index is 0.0562. The molecule has 4 aliphatic rings. The van der Waals surface area contributed by atoms with Crippen LogP contribution in [0, 0.1) is 17.8 Å². The number of rotatable bonds is 12. The van der Waals surface area contributed by atoms with E-state index in [0.717, 1.165) is 0 Å². The molecule has 1 aromatic carbocycles. The standard InChI is InChI=1S/C47H59F3N6O10S/c1-8-28-19-27(4)11-9-10-12-30-23-46(30,43(59)55-67(61,62)34-15-16-34)54-40(57)38-22-33(25-56(38)42(58)39(28)53-44(60)66-45(5,6)47(48,49)50)65-41-35-17-13-31(63-7)20-29(35)21-37(52-41)36-18-14-32(24-51-36)64-26(2)3/h10,12-14,17-18,20-21,24,26-28,30,33-34,38-39H,8-9,11,15-16,19,22-23,25H2,1-7H3,(H,53,60)(H,54,57)(H,55,59)/b12-10-/t27-,28-,30-,33-,38+,39+,46-/m1/s1. The van der Waals surface area contributed by atoms with Gasteiger partial charge in [0.2, 0.25) is 33.3 Å². The zero-order chi connectivity index (χ0) is 48.6. The van der Waals surface area contributed by atoms with Gasteiger partial charge in [-0.1, -0.05) is 32.4 Å². The van der Waals surface area contributed by atoms with Crippen molar-refractivity contribution in [2.24, 2.45) is 17.8 Å². The second-order valence-corrected chi connectivity index (χ2v) is 20.9. The molecule has 4 amide bonds. The van der Waals surface area contributed by atoms with Crippen LogP contribution in [0.2, 0.25) is 0 Å². The fourth-order valence-corrected chi connectivity index (χ4v) is 10.1. The predicted molar refractivity (Wildman–Crippen MR) is 240 cm³/mol. The minimum atomic E-state index is -4.94. The van der Waals surface area contributed by atoms with Gasteiger partial charge in [-0.2, -0.15) is 13.2 Å². The number of aromatic nitrogens is 2. The van der Waals surface area contributed by atoms with Crippen LogP contribution in [0.1, 0.15) is 92.9 Å². The first-order valence-corrected chi connectivity index (χ1v) is 24.3. The number of pyridine rings is 2. The Labute approximate surface area is 388 Å². The molecule has 1 saturated heterocycles. The van der Waals surface area contributed by atoms with Crippen molar-refractivity contribution in [2.75, 3.05) is 13.7 Å². The third kappa shape index (κ3) is 11.0. The monoisotopic (exact) mass is 956 g/mol. The summed E-state index contributed by atoms with van der Waals surface area (Å²) in [4.78, 5) is 68.0. The number of carbonyl (C=O) groups is 4. The highest BCUT2D eigenvalue weighted by Gasteiger charge is 2.62. The van der Waals surface area contributed by atoms with Crippen LogP contribution in [0.5, 0.6) is 17.4 Å². The molecule has 16 nitrogen and oxygen atoms in total. The number of nitrogens with zero attached hydrogens (tertiary/aromatic N) is 3. The van der Waals surface area contributed by atoms with Crippen LogP contribution >= 0.6 is 0 Å². The Morgan fingerprint density at radius 2 is 1.76 bits per heavy atom. The Bertz CT molecular complexity index is 2500. The molecule has 20 heteroatoms. The van der Waals surface area contributed by atoms with Crippen molar-refractivity contribution >= 4 is 44.6 Å². The molecule has 364 valence electrons. The summed E-state index contributed by atoms with van der Waals surface area (Å²) in [6.07, 6.45) is 0.327. The van der Waals surface area contributed by atoms with Crippen LogP contribution in [-0.2, 0) is 29.1 Å². The van der Waals surface area contributed by atoms with E-state index in [1.807, 2.05) is 26.8 Å². The number of sulfonamides is 1. The van der Waals surface area contributed by atoms with Gasteiger partial charge >= 0.3 is 12.3 Å². The molecule has 3 aromatic rings. The number of methoxy groups -OCH3 is 1. The number of alkyl carbamates (subject to hydrolysis) is 1. The minimum Gasteiger partial charge on any atom is -0.497 e. The lowest BCUT2D eigenvalue weighted by molar-refractivity contribution is -0.244. The molecule has 0 bridgehead atoms. The molecule has 0 unspecified atom stereocenters.